The summed E-state index contributed by atoms with van der Waals surface area (Å²) in [5, 5.41) is 3.47. The molecule has 0 radical (unpaired) electrons. The fraction of sp³-hybridized carbons (Fsp3) is 1.00. The highest BCUT2D eigenvalue weighted by Crippen LogP contribution is 2.33. The van der Waals surface area contributed by atoms with E-state index < -0.39 is 0 Å². The van der Waals surface area contributed by atoms with Crippen LogP contribution in [0.1, 0.15) is 52.4 Å². The number of hydrogen-bond donors (Lipinski definition) is 1. The van der Waals surface area contributed by atoms with E-state index in [1.807, 2.05) is 0 Å². The first-order chi connectivity index (χ1) is 6.31. The van der Waals surface area contributed by atoms with Crippen molar-refractivity contribution < 1.29 is 0 Å². The minimum absolute atomic E-state index is 0.804. The molecule has 1 rings (SSSR count). The summed E-state index contributed by atoms with van der Waals surface area (Å²) in [5.74, 6) is 1.97. The second-order valence-corrected chi connectivity index (χ2v) is 4.53. The Kier molecular flexibility index (Phi) is 4.79. The van der Waals surface area contributed by atoms with Crippen LogP contribution in [0.15, 0.2) is 0 Å². The maximum absolute atomic E-state index is 3.47. The molecule has 1 aliphatic rings. The topological polar surface area (TPSA) is 12.0 Å². The van der Waals surface area contributed by atoms with E-state index in [0.29, 0.717) is 0 Å². The van der Waals surface area contributed by atoms with E-state index >= 15 is 0 Å². The predicted molar refractivity (Wildman–Crippen MR) is 58.9 cm³/mol. The first kappa shape index (κ1) is 11.0. The monoisotopic (exact) mass is 183 g/mol. The maximum atomic E-state index is 3.47. The Morgan fingerprint density at radius 3 is 2.54 bits per heavy atom. The third-order valence-corrected chi connectivity index (χ3v) is 3.68. The molecular weight excluding hydrogens is 158 g/mol. The molecule has 0 aromatic heterocycles. The molecular formula is C12H25N. The molecule has 0 heterocycles. The lowest BCUT2D eigenvalue weighted by atomic mass is 9.75. The average molecular weight is 183 g/mol. The summed E-state index contributed by atoms with van der Waals surface area (Å²) in [7, 11) is 2.12. The Hall–Kier alpha value is -0.0400. The van der Waals surface area contributed by atoms with Gasteiger partial charge in [-0.15, -0.1) is 0 Å². The molecule has 1 N–H and O–H groups in total. The van der Waals surface area contributed by atoms with Crippen molar-refractivity contribution in [3.05, 3.63) is 0 Å². The SMILES string of the molecule is CCCC1CCC(NC)C(CC)C1. The molecule has 0 saturated heterocycles. The number of hydrogen-bond acceptors (Lipinski definition) is 1. The van der Waals surface area contributed by atoms with Crippen LogP contribution in [0.4, 0.5) is 0 Å². The van der Waals surface area contributed by atoms with Crippen LogP contribution in [0.3, 0.4) is 0 Å². The van der Waals surface area contributed by atoms with Gasteiger partial charge in [-0.3, -0.25) is 0 Å². The highest BCUT2D eigenvalue weighted by Gasteiger charge is 2.27. The molecule has 0 aromatic rings. The van der Waals surface area contributed by atoms with Crippen LogP contribution in [0, 0.1) is 11.8 Å². The van der Waals surface area contributed by atoms with Gasteiger partial charge in [0, 0.05) is 6.04 Å². The third-order valence-electron chi connectivity index (χ3n) is 3.68. The molecule has 1 heteroatoms. The van der Waals surface area contributed by atoms with Gasteiger partial charge in [-0.05, 0) is 38.1 Å². The van der Waals surface area contributed by atoms with Crippen LogP contribution < -0.4 is 5.32 Å². The maximum Gasteiger partial charge on any atom is 0.00924 e. The largest absolute Gasteiger partial charge is 0.317 e. The van der Waals surface area contributed by atoms with Crippen molar-refractivity contribution in [3.8, 4) is 0 Å². The minimum Gasteiger partial charge on any atom is -0.317 e. The zero-order valence-electron chi connectivity index (χ0n) is 9.47. The molecule has 78 valence electrons. The van der Waals surface area contributed by atoms with Gasteiger partial charge in [0.1, 0.15) is 0 Å². The fourth-order valence-corrected chi connectivity index (χ4v) is 2.86. The van der Waals surface area contributed by atoms with Gasteiger partial charge in [0.15, 0.2) is 0 Å². The molecule has 3 atom stereocenters. The van der Waals surface area contributed by atoms with Crippen LogP contribution in [0.5, 0.6) is 0 Å². The third kappa shape index (κ3) is 2.98. The summed E-state index contributed by atoms with van der Waals surface area (Å²) in [6.07, 6.45) is 8.50. The summed E-state index contributed by atoms with van der Waals surface area (Å²) in [5.41, 5.74) is 0. The van der Waals surface area contributed by atoms with Gasteiger partial charge in [0.25, 0.3) is 0 Å². The molecule has 1 aliphatic carbocycles. The molecule has 1 saturated carbocycles. The first-order valence-corrected chi connectivity index (χ1v) is 5.99. The Morgan fingerprint density at radius 1 is 1.23 bits per heavy atom. The number of rotatable bonds is 4. The molecule has 1 fully saturated rings. The summed E-state index contributed by atoms with van der Waals surface area (Å²) in [6.45, 7) is 4.65. The van der Waals surface area contributed by atoms with Crippen molar-refractivity contribution in [3.63, 3.8) is 0 Å². The molecule has 1 nitrogen and oxygen atoms in total. The lowest BCUT2D eigenvalue weighted by molar-refractivity contribution is 0.197. The quantitative estimate of drug-likeness (QED) is 0.706. The lowest BCUT2D eigenvalue weighted by Crippen LogP contribution is -2.38. The molecule has 0 amide bonds. The minimum atomic E-state index is 0.804. The Bertz CT molecular complexity index is 133. The van der Waals surface area contributed by atoms with Crippen LogP contribution in [-0.4, -0.2) is 13.1 Å². The first-order valence-electron chi connectivity index (χ1n) is 5.99. The van der Waals surface area contributed by atoms with Crippen molar-refractivity contribution in [2.45, 2.75) is 58.4 Å². The van der Waals surface area contributed by atoms with Crippen LogP contribution in [0.25, 0.3) is 0 Å². The molecule has 0 bridgehead atoms. The normalized spacial score (nSPS) is 34.8. The highest BCUT2D eigenvalue weighted by molar-refractivity contribution is 4.82. The van der Waals surface area contributed by atoms with Crippen molar-refractivity contribution in [2.75, 3.05) is 7.05 Å². The van der Waals surface area contributed by atoms with Crippen molar-refractivity contribution in [2.24, 2.45) is 11.8 Å². The smallest absolute Gasteiger partial charge is 0.00924 e. The molecule has 0 spiro atoms. The van der Waals surface area contributed by atoms with E-state index in [4.69, 9.17) is 0 Å². The summed E-state index contributed by atoms with van der Waals surface area (Å²) in [4.78, 5) is 0. The zero-order chi connectivity index (χ0) is 9.68. The molecule has 0 aliphatic heterocycles. The van der Waals surface area contributed by atoms with Crippen molar-refractivity contribution in [1.29, 1.82) is 0 Å². The van der Waals surface area contributed by atoms with Gasteiger partial charge < -0.3 is 5.32 Å². The van der Waals surface area contributed by atoms with Gasteiger partial charge in [0.2, 0.25) is 0 Å². The molecule has 3 unspecified atom stereocenters. The van der Waals surface area contributed by atoms with Crippen molar-refractivity contribution in [1.82, 2.24) is 5.32 Å². The Morgan fingerprint density at radius 2 is 2.00 bits per heavy atom. The molecule has 0 aromatic carbocycles. The summed E-state index contributed by atoms with van der Waals surface area (Å²) >= 11 is 0. The van der Waals surface area contributed by atoms with E-state index in [0.717, 1.165) is 17.9 Å². The van der Waals surface area contributed by atoms with Gasteiger partial charge in [0.05, 0.1) is 0 Å². The van der Waals surface area contributed by atoms with Crippen molar-refractivity contribution >= 4 is 0 Å². The van der Waals surface area contributed by atoms with E-state index in [-0.39, 0.29) is 0 Å². The van der Waals surface area contributed by atoms with E-state index in [2.05, 4.69) is 26.2 Å². The standard InChI is InChI=1S/C12H25N/c1-4-6-10-7-8-12(13-3)11(5-2)9-10/h10-13H,4-9H2,1-3H3. The average Bonchev–Trinajstić information content (AvgIpc) is 2.18. The summed E-state index contributed by atoms with van der Waals surface area (Å²) in [6, 6.07) is 0.804. The van der Waals surface area contributed by atoms with E-state index in [1.165, 1.54) is 38.5 Å². The second-order valence-electron chi connectivity index (χ2n) is 4.53. The predicted octanol–water partition coefficient (Wildman–Crippen LogP) is 3.20. The molecule has 13 heavy (non-hydrogen) atoms. The van der Waals surface area contributed by atoms with Crippen LogP contribution in [-0.2, 0) is 0 Å². The van der Waals surface area contributed by atoms with Gasteiger partial charge >= 0.3 is 0 Å². The Labute approximate surface area is 83.3 Å². The van der Waals surface area contributed by atoms with Gasteiger partial charge in [-0.1, -0.05) is 33.1 Å². The summed E-state index contributed by atoms with van der Waals surface area (Å²) < 4.78 is 0. The van der Waals surface area contributed by atoms with Crippen LogP contribution >= 0.6 is 0 Å². The van der Waals surface area contributed by atoms with Gasteiger partial charge in [-0.25, -0.2) is 0 Å². The van der Waals surface area contributed by atoms with Crippen LogP contribution in [0.2, 0.25) is 0 Å². The van der Waals surface area contributed by atoms with E-state index in [1.54, 1.807) is 0 Å². The fourth-order valence-electron chi connectivity index (χ4n) is 2.86. The lowest BCUT2D eigenvalue weighted by Gasteiger charge is -2.35. The zero-order valence-corrected chi connectivity index (χ0v) is 9.47. The second kappa shape index (κ2) is 5.64. The van der Waals surface area contributed by atoms with Gasteiger partial charge in [-0.2, -0.15) is 0 Å². The number of nitrogens with one attached hydrogen (secondary N) is 1. The Balaban J connectivity index is 2.38. The highest BCUT2D eigenvalue weighted by atomic mass is 14.9. The van der Waals surface area contributed by atoms with E-state index in [9.17, 15) is 0 Å².